The summed E-state index contributed by atoms with van der Waals surface area (Å²) in [6.45, 7) is 18.1. The fraction of sp³-hybridized carbons (Fsp3) is 0.679. The van der Waals surface area contributed by atoms with E-state index in [9.17, 15) is 0 Å². The monoisotopic (exact) mass is 1600 g/mol. The van der Waals surface area contributed by atoms with Crippen molar-refractivity contribution in [1.82, 2.24) is 0 Å². The number of unbranched alkanes of at least 4 members (excludes halogenated alkanes) is 54. The zero-order valence-electron chi connectivity index (χ0n) is 73.9. The van der Waals surface area contributed by atoms with Gasteiger partial charge < -0.3 is 28.4 Å². The van der Waals surface area contributed by atoms with Crippen LogP contribution in [0.2, 0.25) is 0 Å². The predicted octanol–water partition coefficient (Wildman–Crippen LogP) is 36.8. The molecule has 0 unspecified atom stereocenters. The summed E-state index contributed by atoms with van der Waals surface area (Å²) in [6.07, 6.45) is 78.1. The van der Waals surface area contributed by atoms with Gasteiger partial charge in [0.1, 0.15) is 11.5 Å². The van der Waals surface area contributed by atoms with Crippen LogP contribution in [0.3, 0.4) is 0 Å². The average molecular weight is 1600 g/mol. The maximum absolute atomic E-state index is 7.08. The smallest absolute Gasteiger partial charge is 0.161 e. The largest absolute Gasteiger partial charge is 0.494 e. The Morgan fingerprint density at radius 1 is 0.175 bits per heavy atom. The molecule has 0 atom stereocenters. The molecule has 0 saturated carbocycles. The Kier molecular flexibility index (Phi) is 46.4. The lowest BCUT2D eigenvalue weighted by Gasteiger charge is -2.17. The normalized spacial score (nSPS) is 12.0. The molecule has 634 valence electrons. The molecule has 8 heteroatoms. The highest BCUT2D eigenvalue weighted by molar-refractivity contribution is 7.28. The molecule has 9 rings (SSSR count). The number of thiophene rings is 2. The number of rotatable bonds is 72. The highest BCUT2D eigenvalue weighted by atomic mass is 32.1. The summed E-state index contributed by atoms with van der Waals surface area (Å²) < 4.78 is 47.0. The van der Waals surface area contributed by atoms with Crippen molar-refractivity contribution in [3.05, 3.63) is 72.8 Å². The Balaban J connectivity index is 1.11. The van der Waals surface area contributed by atoms with Crippen LogP contribution in [-0.2, 0) is 0 Å². The Bertz CT molecular complexity index is 3780. The Morgan fingerprint density at radius 3 is 0.605 bits per heavy atom. The van der Waals surface area contributed by atoms with Crippen molar-refractivity contribution >= 4 is 106 Å². The molecule has 6 nitrogen and oxygen atoms in total. The van der Waals surface area contributed by atoms with E-state index in [-0.39, 0.29) is 0 Å². The van der Waals surface area contributed by atoms with Gasteiger partial charge in [0.15, 0.2) is 23.0 Å². The van der Waals surface area contributed by atoms with E-state index in [1.807, 2.05) is 22.7 Å². The summed E-state index contributed by atoms with van der Waals surface area (Å²) in [5, 5.41) is 15.1. The Morgan fingerprint density at radius 2 is 0.377 bits per heavy atom. The van der Waals surface area contributed by atoms with Crippen molar-refractivity contribution in [1.29, 1.82) is 0 Å². The fourth-order valence-electron chi connectivity index (χ4n) is 17.7. The highest BCUT2D eigenvalue weighted by Crippen LogP contribution is 2.53. The maximum Gasteiger partial charge on any atom is 0.161 e. The zero-order valence-corrected chi connectivity index (χ0v) is 75.5. The van der Waals surface area contributed by atoms with Crippen molar-refractivity contribution in [2.75, 3.05) is 39.6 Å². The van der Waals surface area contributed by atoms with Gasteiger partial charge in [-0.15, -0.1) is 22.7 Å². The van der Waals surface area contributed by atoms with Crippen molar-refractivity contribution in [3.8, 4) is 34.5 Å². The number of benzene rings is 7. The van der Waals surface area contributed by atoms with E-state index < -0.39 is 0 Å². The second-order valence-corrected chi connectivity index (χ2v) is 36.8. The molecule has 0 amide bonds. The molecule has 0 aliphatic rings. The summed E-state index contributed by atoms with van der Waals surface area (Å²) in [4.78, 5) is 0. The predicted molar refractivity (Wildman–Crippen MR) is 506 cm³/mol. The number of fused-ring (bicyclic) bond motifs is 16. The van der Waals surface area contributed by atoms with Crippen molar-refractivity contribution in [3.63, 3.8) is 0 Å². The minimum atomic E-state index is 0.687. The molecule has 0 fully saturated rings. The van der Waals surface area contributed by atoms with E-state index in [2.05, 4.69) is 114 Å². The van der Waals surface area contributed by atoms with Gasteiger partial charge in [0.2, 0.25) is 0 Å². The molecule has 2 heterocycles. The molecular formula is C106H162O6S2. The van der Waals surface area contributed by atoms with Gasteiger partial charge in [-0.1, -0.05) is 400 Å². The molecule has 0 aliphatic heterocycles. The quantitative estimate of drug-likeness (QED) is 0.0280. The molecule has 0 aliphatic carbocycles. The van der Waals surface area contributed by atoms with Crippen LogP contribution in [0.4, 0.5) is 0 Å². The minimum absolute atomic E-state index is 0.687. The van der Waals surface area contributed by atoms with Crippen LogP contribution >= 0.6 is 22.7 Å². The maximum atomic E-state index is 7.08. The van der Waals surface area contributed by atoms with Crippen LogP contribution in [-0.4, -0.2) is 39.6 Å². The van der Waals surface area contributed by atoms with Gasteiger partial charge in [0.25, 0.3) is 0 Å². The van der Waals surface area contributed by atoms with Crippen LogP contribution in [0.1, 0.15) is 427 Å². The van der Waals surface area contributed by atoms with E-state index in [4.69, 9.17) is 28.4 Å². The number of hydrogen-bond acceptors (Lipinski definition) is 8. The first kappa shape index (κ1) is 92.7. The lowest BCUT2D eigenvalue weighted by atomic mass is 9.95. The van der Waals surface area contributed by atoms with Crippen LogP contribution in [0, 0.1) is 0 Å². The first-order valence-corrected chi connectivity index (χ1v) is 50.6. The van der Waals surface area contributed by atoms with Crippen LogP contribution in [0.5, 0.6) is 34.5 Å². The standard InChI is InChI=1S/C106H162O6S2/c1-7-13-19-25-31-37-43-49-55-61-71-107-85-67-69-87-89-79-97(109-73-63-57-51-45-39-33-27-21-15-9-3)99(111-75-65-59-53-47-41-35-29-23-17-11-5)81-91(89)103-95-83-102-96(84-101(95)113-105(103)93(87)77-85)104-92-82-100(112-76-66-60-54-48-42-36-30-24-18-12-6)98(110-74-64-58-52-46-40-34-28-22-16-10-4)80-90(92)88-70-68-86(78-94(88)106(104)114-102)108-72-62-56-50-44-38-32-26-20-14-8-2/h67-70,77-84H,7-66,71-76H2,1-6H3. The lowest BCUT2D eigenvalue weighted by Crippen LogP contribution is -2.03. The molecule has 0 saturated heterocycles. The van der Waals surface area contributed by atoms with Crippen LogP contribution < -0.4 is 28.4 Å². The SMILES string of the molecule is CCCCCCCCCCCCOc1ccc2c3cc(OCCCCCCCCCCCC)c(OCCCCCCCCCCCC)cc3c3c4cc5sc6c7cc(OCCCCCCCCCCCC)ccc7c7cc(OCCCCCCCCCCCC)c(OCCCCCCCCCCCC)cc7c6c5cc4sc3c2c1. The van der Waals surface area contributed by atoms with E-state index in [0.29, 0.717) is 26.4 Å². The van der Waals surface area contributed by atoms with E-state index in [1.165, 1.54) is 430 Å². The molecule has 0 bridgehead atoms. The zero-order chi connectivity index (χ0) is 79.5. The first-order chi connectivity index (χ1) is 56.5. The third-order valence-corrected chi connectivity index (χ3v) is 27.2. The summed E-state index contributed by atoms with van der Waals surface area (Å²) in [7, 11) is 0. The molecule has 2 aromatic heterocycles. The topological polar surface area (TPSA) is 55.4 Å². The molecular weight excluding hydrogens is 1430 g/mol. The van der Waals surface area contributed by atoms with Crippen LogP contribution in [0.15, 0.2) is 72.8 Å². The van der Waals surface area contributed by atoms with Gasteiger partial charge >= 0.3 is 0 Å². The summed E-state index contributed by atoms with van der Waals surface area (Å²) in [6, 6.07) is 28.6. The van der Waals surface area contributed by atoms with Crippen molar-refractivity contribution in [2.24, 2.45) is 0 Å². The molecule has 7 aromatic carbocycles. The van der Waals surface area contributed by atoms with Gasteiger partial charge in [-0.3, -0.25) is 0 Å². The Hall–Kier alpha value is -5.18. The van der Waals surface area contributed by atoms with Gasteiger partial charge in [0.05, 0.1) is 39.6 Å². The molecule has 114 heavy (non-hydrogen) atoms. The number of ether oxygens (including phenoxy) is 6. The van der Waals surface area contributed by atoms with Crippen LogP contribution in [0.25, 0.3) is 83.4 Å². The molecule has 0 N–H and O–H groups in total. The first-order valence-electron chi connectivity index (χ1n) is 49.0. The average Bonchev–Trinajstić information content (AvgIpc) is 1.53. The van der Waals surface area contributed by atoms with E-state index >= 15 is 0 Å². The van der Waals surface area contributed by atoms with E-state index in [1.54, 1.807) is 0 Å². The molecule has 0 radical (unpaired) electrons. The second kappa shape index (κ2) is 57.1. The summed E-state index contributed by atoms with van der Waals surface area (Å²) in [5.41, 5.74) is 0. The van der Waals surface area contributed by atoms with Gasteiger partial charge in [-0.2, -0.15) is 0 Å². The third-order valence-electron chi connectivity index (χ3n) is 24.8. The molecule has 0 spiro atoms. The molecule has 9 aromatic rings. The second-order valence-electron chi connectivity index (χ2n) is 34.7. The highest BCUT2D eigenvalue weighted by Gasteiger charge is 2.24. The Labute approximate surface area is 703 Å². The van der Waals surface area contributed by atoms with Crippen molar-refractivity contribution in [2.45, 2.75) is 427 Å². The number of hydrogen-bond donors (Lipinski definition) is 0. The van der Waals surface area contributed by atoms with Gasteiger partial charge in [-0.05, 0) is 132 Å². The van der Waals surface area contributed by atoms with Gasteiger partial charge in [0, 0.05) is 51.1 Å². The fourth-order valence-corrected chi connectivity index (χ4v) is 20.3. The third kappa shape index (κ3) is 31.5. The van der Waals surface area contributed by atoms with Gasteiger partial charge in [-0.25, -0.2) is 0 Å². The summed E-state index contributed by atoms with van der Waals surface area (Å²) >= 11 is 3.92. The van der Waals surface area contributed by atoms with Crippen molar-refractivity contribution < 1.29 is 28.4 Å². The van der Waals surface area contributed by atoms with E-state index in [0.717, 1.165) is 86.2 Å². The minimum Gasteiger partial charge on any atom is -0.494 e. The lowest BCUT2D eigenvalue weighted by molar-refractivity contribution is 0.259. The summed E-state index contributed by atoms with van der Waals surface area (Å²) in [5.74, 6) is 5.44.